The van der Waals surface area contributed by atoms with Crippen LogP contribution in [0.25, 0.3) is 0 Å². The second-order valence-electron chi connectivity index (χ2n) is 6.28. The molecule has 0 radical (unpaired) electrons. The number of hydrogen-bond acceptors (Lipinski definition) is 5. The molecule has 0 saturated carbocycles. The van der Waals surface area contributed by atoms with E-state index in [4.69, 9.17) is 9.53 Å². The largest absolute Gasteiger partial charge is 0.444 e. The van der Waals surface area contributed by atoms with Crippen molar-refractivity contribution in [1.82, 2.24) is 5.32 Å². The Labute approximate surface area is 150 Å². The van der Waals surface area contributed by atoms with Crippen molar-refractivity contribution in [3.8, 4) is 0 Å². The summed E-state index contributed by atoms with van der Waals surface area (Å²) in [5.41, 5.74) is 2.22. The molecule has 1 N–H and O–H groups in total. The maximum atomic E-state index is 11.6. The minimum absolute atomic E-state index is 0.169. The molecule has 136 valence electrons. The normalized spacial score (nSPS) is 12.8. The van der Waals surface area contributed by atoms with E-state index >= 15 is 0 Å². The lowest BCUT2D eigenvalue weighted by atomic mass is 10.1. The fourth-order valence-electron chi connectivity index (χ4n) is 2.14. The van der Waals surface area contributed by atoms with Gasteiger partial charge in [-0.15, -0.1) is 0 Å². The van der Waals surface area contributed by atoms with Gasteiger partial charge in [-0.25, -0.2) is 4.79 Å². The molecule has 2 rings (SSSR count). The standard InChI is InChI=1S/C14H19NO2.C2H4OS.C2H6O/c1-14(2,3)17-13(16)15-12-8-10-6-4-5-7-11(10)9-12;3-1-2-4;1-3-2/h4-7,12H,8-9H2,1-3H3,(H,15,16);1,4H,2H2;1-2H3. The van der Waals surface area contributed by atoms with Crippen LogP contribution in [-0.2, 0) is 27.1 Å². The van der Waals surface area contributed by atoms with Crippen molar-refractivity contribution in [2.75, 3.05) is 20.0 Å². The number of aldehydes is 1. The SMILES string of the molecule is CC(C)(C)OC(=O)NC1Cc2ccccc2C1.COC.O=CCS. The summed E-state index contributed by atoms with van der Waals surface area (Å²) in [6.45, 7) is 5.61. The molecule has 1 aliphatic carbocycles. The van der Waals surface area contributed by atoms with Crippen molar-refractivity contribution in [2.45, 2.75) is 45.3 Å². The van der Waals surface area contributed by atoms with Gasteiger partial charge in [0, 0.05) is 26.0 Å². The molecule has 0 bridgehead atoms. The lowest BCUT2D eigenvalue weighted by Gasteiger charge is -2.21. The summed E-state index contributed by atoms with van der Waals surface area (Å²) in [5, 5.41) is 2.92. The van der Waals surface area contributed by atoms with Gasteiger partial charge in [0.15, 0.2) is 0 Å². The van der Waals surface area contributed by atoms with Crippen molar-refractivity contribution in [1.29, 1.82) is 0 Å². The van der Waals surface area contributed by atoms with Crippen LogP contribution in [0.15, 0.2) is 24.3 Å². The average molecular weight is 356 g/mol. The molecule has 5 nitrogen and oxygen atoms in total. The summed E-state index contributed by atoms with van der Waals surface area (Å²) in [4.78, 5) is 20.7. The zero-order chi connectivity index (χ0) is 18.6. The summed E-state index contributed by atoms with van der Waals surface area (Å²) in [6, 6.07) is 8.48. The monoisotopic (exact) mass is 355 g/mol. The van der Waals surface area contributed by atoms with E-state index in [1.165, 1.54) is 11.1 Å². The molecule has 0 unspecified atom stereocenters. The van der Waals surface area contributed by atoms with E-state index < -0.39 is 5.60 Å². The van der Waals surface area contributed by atoms with Crippen LogP contribution >= 0.6 is 12.6 Å². The second kappa shape index (κ2) is 11.9. The maximum Gasteiger partial charge on any atom is 0.407 e. The number of thiol groups is 1. The molecule has 0 heterocycles. The summed E-state index contributed by atoms with van der Waals surface area (Å²) in [5.74, 6) is 0.333. The zero-order valence-electron chi connectivity index (χ0n) is 15.2. The predicted molar refractivity (Wildman–Crippen MR) is 99.9 cm³/mol. The molecule has 1 aliphatic rings. The number of hydrogen-bond donors (Lipinski definition) is 2. The number of amides is 1. The smallest absolute Gasteiger partial charge is 0.407 e. The Bertz CT molecular complexity index is 475. The van der Waals surface area contributed by atoms with Crippen LogP contribution in [0.2, 0.25) is 0 Å². The Morgan fingerprint density at radius 3 is 2.00 bits per heavy atom. The Balaban J connectivity index is 0.000000648. The van der Waals surface area contributed by atoms with E-state index in [-0.39, 0.29) is 12.1 Å². The molecule has 0 spiro atoms. The van der Waals surface area contributed by atoms with Crippen LogP contribution in [0.1, 0.15) is 31.9 Å². The molecule has 0 atom stereocenters. The highest BCUT2D eigenvalue weighted by Crippen LogP contribution is 2.21. The Hall–Kier alpha value is -1.53. The van der Waals surface area contributed by atoms with E-state index in [0.29, 0.717) is 5.75 Å². The first-order chi connectivity index (χ1) is 11.3. The molecule has 24 heavy (non-hydrogen) atoms. The third-order valence-corrected chi connectivity index (χ3v) is 3.00. The third-order valence-electron chi connectivity index (χ3n) is 2.85. The highest BCUT2D eigenvalue weighted by atomic mass is 32.1. The van der Waals surface area contributed by atoms with Crippen molar-refractivity contribution >= 4 is 25.0 Å². The molecular formula is C18H29NO4S. The average Bonchev–Trinajstić information content (AvgIpc) is 2.88. The van der Waals surface area contributed by atoms with E-state index in [0.717, 1.165) is 19.1 Å². The molecule has 6 heteroatoms. The molecule has 0 aromatic heterocycles. The number of fused-ring (bicyclic) bond motifs is 1. The predicted octanol–water partition coefficient (Wildman–Crippen LogP) is 3.06. The summed E-state index contributed by atoms with van der Waals surface area (Å²) in [6.07, 6.45) is 2.21. The number of methoxy groups -OCH3 is 1. The zero-order valence-corrected chi connectivity index (χ0v) is 16.1. The number of carbonyl (C=O) groups is 2. The number of rotatable bonds is 2. The number of nitrogens with one attached hydrogen (secondary N) is 1. The molecule has 1 aromatic carbocycles. The fourth-order valence-corrected chi connectivity index (χ4v) is 2.14. The van der Waals surface area contributed by atoms with Gasteiger partial charge in [-0.05, 0) is 44.7 Å². The minimum atomic E-state index is -0.435. The van der Waals surface area contributed by atoms with Gasteiger partial charge in [0.25, 0.3) is 0 Å². The molecule has 0 aliphatic heterocycles. The van der Waals surface area contributed by atoms with Crippen LogP contribution in [0.4, 0.5) is 4.79 Å². The van der Waals surface area contributed by atoms with Crippen molar-refractivity contribution in [3.63, 3.8) is 0 Å². The quantitative estimate of drug-likeness (QED) is 0.632. The van der Waals surface area contributed by atoms with Crippen molar-refractivity contribution in [3.05, 3.63) is 35.4 Å². The minimum Gasteiger partial charge on any atom is -0.444 e. The van der Waals surface area contributed by atoms with Gasteiger partial charge >= 0.3 is 6.09 Å². The first-order valence-electron chi connectivity index (χ1n) is 7.78. The Morgan fingerprint density at radius 2 is 1.67 bits per heavy atom. The number of benzene rings is 1. The van der Waals surface area contributed by atoms with Crippen LogP contribution in [0, 0.1) is 0 Å². The molecule has 1 aromatic rings. The van der Waals surface area contributed by atoms with E-state index in [1.807, 2.05) is 32.9 Å². The fraction of sp³-hybridized carbons (Fsp3) is 0.556. The van der Waals surface area contributed by atoms with Gasteiger partial charge in [-0.2, -0.15) is 12.6 Å². The highest BCUT2D eigenvalue weighted by Gasteiger charge is 2.24. The van der Waals surface area contributed by atoms with Crippen molar-refractivity contribution < 1.29 is 19.1 Å². The Kier molecular flexibility index (Phi) is 11.2. The first kappa shape index (κ1) is 22.5. The van der Waals surface area contributed by atoms with E-state index in [2.05, 4.69) is 34.8 Å². The molecule has 1 amide bonds. The molecular weight excluding hydrogens is 326 g/mol. The maximum absolute atomic E-state index is 11.6. The van der Waals surface area contributed by atoms with Crippen LogP contribution in [0.5, 0.6) is 0 Å². The second-order valence-corrected chi connectivity index (χ2v) is 6.64. The van der Waals surface area contributed by atoms with Gasteiger partial charge in [-0.1, -0.05) is 24.3 Å². The van der Waals surface area contributed by atoms with Gasteiger partial charge in [-0.3, -0.25) is 0 Å². The lowest BCUT2D eigenvalue weighted by molar-refractivity contribution is -0.105. The highest BCUT2D eigenvalue weighted by molar-refractivity contribution is 7.80. The van der Waals surface area contributed by atoms with Gasteiger partial charge in [0.2, 0.25) is 0 Å². The summed E-state index contributed by atoms with van der Waals surface area (Å²) < 4.78 is 9.50. The molecule has 0 fully saturated rings. The van der Waals surface area contributed by atoms with E-state index in [9.17, 15) is 4.79 Å². The van der Waals surface area contributed by atoms with Crippen LogP contribution in [0.3, 0.4) is 0 Å². The van der Waals surface area contributed by atoms with Gasteiger partial charge in [0.05, 0.1) is 0 Å². The van der Waals surface area contributed by atoms with Crippen LogP contribution < -0.4 is 5.32 Å². The van der Waals surface area contributed by atoms with Crippen molar-refractivity contribution in [2.24, 2.45) is 0 Å². The van der Waals surface area contributed by atoms with E-state index in [1.54, 1.807) is 14.2 Å². The van der Waals surface area contributed by atoms with Gasteiger partial charge < -0.3 is 19.6 Å². The number of carbonyl (C=O) groups excluding carboxylic acids is 2. The third kappa shape index (κ3) is 10.3. The van der Waals surface area contributed by atoms with Crippen LogP contribution in [-0.4, -0.2) is 44.0 Å². The van der Waals surface area contributed by atoms with Gasteiger partial charge in [0.1, 0.15) is 11.9 Å². The summed E-state index contributed by atoms with van der Waals surface area (Å²) in [7, 11) is 3.25. The number of alkyl carbamates (subject to hydrolysis) is 1. The topological polar surface area (TPSA) is 64.6 Å². The lowest BCUT2D eigenvalue weighted by Crippen LogP contribution is -2.39. The first-order valence-corrected chi connectivity index (χ1v) is 8.41. The summed E-state index contributed by atoms with van der Waals surface area (Å²) >= 11 is 3.55. The number of ether oxygens (including phenoxy) is 2. The molecule has 0 saturated heterocycles. The Morgan fingerprint density at radius 1 is 1.25 bits per heavy atom.